The molecule has 7 heteroatoms. The van der Waals surface area contributed by atoms with Gasteiger partial charge in [0.25, 0.3) is 5.91 Å². The molecule has 5 nitrogen and oxygen atoms in total. The van der Waals surface area contributed by atoms with Crippen molar-refractivity contribution in [3.8, 4) is 0 Å². The Balaban J connectivity index is 1.87. The first-order chi connectivity index (χ1) is 11.9. The van der Waals surface area contributed by atoms with Crippen LogP contribution in [0.2, 0.25) is 5.15 Å². The van der Waals surface area contributed by atoms with Gasteiger partial charge < -0.3 is 10.5 Å². The van der Waals surface area contributed by atoms with Gasteiger partial charge in [-0.25, -0.2) is 14.2 Å². The number of hydrogen-bond donors (Lipinski definition) is 1. The zero-order valence-electron chi connectivity index (χ0n) is 12.8. The average Bonchev–Trinajstić information content (AvgIpc) is 2.59. The van der Waals surface area contributed by atoms with E-state index in [1.165, 1.54) is 18.2 Å². The number of carbonyl (C=O) groups excluding carboxylic acids is 2. The van der Waals surface area contributed by atoms with Crippen LogP contribution < -0.4 is 5.73 Å². The van der Waals surface area contributed by atoms with Crippen LogP contribution in [0.15, 0.2) is 54.6 Å². The van der Waals surface area contributed by atoms with Crippen molar-refractivity contribution < 1.29 is 18.7 Å². The van der Waals surface area contributed by atoms with Crippen LogP contribution in [0.4, 0.5) is 4.39 Å². The summed E-state index contributed by atoms with van der Waals surface area (Å²) in [4.78, 5) is 28.1. The number of amides is 1. The fraction of sp³-hybridized carbons (Fsp3) is 0.0556. The lowest BCUT2D eigenvalue weighted by atomic mass is 10.1. The van der Waals surface area contributed by atoms with Crippen LogP contribution in [-0.2, 0) is 9.53 Å². The molecule has 0 aliphatic carbocycles. The Kier molecular flexibility index (Phi) is 4.63. The fourth-order valence-electron chi connectivity index (χ4n) is 2.33. The SMILES string of the molecule is NC(=O)C(OC(=O)c1ccc2nc(Cl)ccc2c1)c1ccc(F)cc1. The number of esters is 1. The molecule has 0 bridgehead atoms. The van der Waals surface area contributed by atoms with Gasteiger partial charge in [-0.3, -0.25) is 4.79 Å². The maximum absolute atomic E-state index is 13.0. The monoisotopic (exact) mass is 358 g/mol. The van der Waals surface area contributed by atoms with Gasteiger partial charge in [-0.2, -0.15) is 0 Å². The number of primary amides is 1. The zero-order chi connectivity index (χ0) is 18.0. The average molecular weight is 359 g/mol. The van der Waals surface area contributed by atoms with Crippen molar-refractivity contribution in [1.29, 1.82) is 0 Å². The molecule has 1 aromatic heterocycles. The lowest BCUT2D eigenvalue weighted by molar-refractivity contribution is -0.127. The summed E-state index contributed by atoms with van der Waals surface area (Å²) in [5.74, 6) is -2.06. The number of carbonyl (C=O) groups is 2. The molecule has 0 aliphatic rings. The van der Waals surface area contributed by atoms with E-state index in [1.54, 1.807) is 24.3 Å². The zero-order valence-corrected chi connectivity index (χ0v) is 13.5. The van der Waals surface area contributed by atoms with Crippen molar-refractivity contribution in [2.75, 3.05) is 0 Å². The van der Waals surface area contributed by atoms with Gasteiger partial charge in [-0.15, -0.1) is 0 Å². The summed E-state index contributed by atoms with van der Waals surface area (Å²) in [5.41, 5.74) is 6.44. The third-order valence-corrected chi connectivity index (χ3v) is 3.76. The molecule has 2 N–H and O–H groups in total. The van der Waals surface area contributed by atoms with E-state index >= 15 is 0 Å². The van der Waals surface area contributed by atoms with Gasteiger partial charge >= 0.3 is 5.97 Å². The molecule has 0 fully saturated rings. The van der Waals surface area contributed by atoms with E-state index in [9.17, 15) is 14.0 Å². The van der Waals surface area contributed by atoms with E-state index in [0.29, 0.717) is 16.1 Å². The van der Waals surface area contributed by atoms with E-state index in [1.807, 2.05) is 0 Å². The number of nitrogens with two attached hydrogens (primary N) is 1. The molecule has 0 aliphatic heterocycles. The summed E-state index contributed by atoms with van der Waals surface area (Å²) in [5, 5.41) is 1.03. The standard InChI is InChI=1S/C18H12ClFN2O3/c19-15-8-4-11-9-12(3-7-14(11)22-15)18(24)25-16(17(21)23)10-1-5-13(20)6-2-10/h1-9,16H,(H2,21,23). The second-order valence-electron chi connectivity index (χ2n) is 5.28. The van der Waals surface area contributed by atoms with Gasteiger partial charge in [-0.05, 0) is 42.5 Å². The number of aromatic nitrogens is 1. The molecule has 3 aromatic rings. The van der Waals surface area contributed by atoms with Crippen molar-refractivity contribution in [3.05, 3.63) is 76.7 Å². The molecule has 0 saturated carbocycles. The normalized spacial score (nSPS) is 11.9. The van der Waals surface area contributed by atoms with Crippen molar-refractivity contribution in [2.45, 2.75) is 6.10 Å². The minimum absolute atomic E-state index is 0.227. The molecule has 1 heterocycles. The smallest absolute Gasteiger partial charge is 0.339 e. The number of nitrogens with zero attached hydrogens (tertiary/aromatic N) is 1. The Morgan fingerprint density at radius 1 is 1.08 bits per heavy atom. The summed E-state index contributed by atoms with van der Waals surface area (Å²) in [7, 11) is 0. The van der Waals surface area contributed by atoms with Crippen LogP contribution in [0.1, 0.15) is 22.0 Å². The third-order valence-electron chi connectivity index (χ3n) is 3.55. The molecule has 2 aromatic carbocycles. The number of hydrogen-bond acceptors (Lipinski definition) is 4. The van der Waals surface area contributed by atoms with Gasteiger partial charge in [0.05, 0.1) is 11.1 Å². The van der Waals surface area contributed by atoms with Crippen molar-refractivity contribution in [3.63, 3.8) is 0 Å². The highest BCUT2D eigenvalue weighted by molar-refractivity contribution is 6.29. The highest BCUT2D eigenvalue weighted by atomic mass is 35.5. The molecule has 0 radical (unpaired) electrons. The van der Waals surface area contributed by atoms with E-state index in [0.717, 1.165) is 12.1 Å². The van der Waals surface area contributed by atoms with Crippen LogP contribution in [-0.4, -0.2) is 16.9 Å². The highest BCUT2D eigenvalue weighted by Gasteiger charge is 2.23. The van der Waals surface area contributed by atoms with Gasteiger partial charge in [0.2, 0.25) is 6.10 Å². The van der Waals surface area contributed by atoms with Crippen molar-refractivity contribution in [1.82, 2.24) is 4.98 Å². The Morgan fingerprint density at radius 2 is 1.80 bits per heavy atom. The van der Waals surface area contributed by atoms with Gasteiger partial charge in [0.1, 0.15) is 11.0 Å². The van der Waals surface area contributed by atoms with Gasteiger partial charge in [-0.1, -0.05) is 23.7 Å². The first-order valence-electron chi connectivity index (χ1n) is 7.26. The predicted octanol–water partition coefficient (Wildman–Crippen LogP) is 3.41. The first-order valence-corrected chi connectivity index (χ1v) is 7.64. The number of rotatable bonds is 4. The molecule has 3 rings (SSSR count). The molecule has 126 valence electrons. The second-order valence-corrected chi connectivity index (χ2v) is 5.67. The molecule has 1 amide bonds. The fourth-order valence-corrected chi connectivity index (χ4v) is 2.48. The summed E-state index contributed by atoms with van der Waals surface area (Å²) < 4.78 is 18.2. The van der Waals surface area contributed by atoms with Crippen molar-refractivity contribution >= 4 is 34.4 Å². The number of benzene rings is 2. The Labute approximate surface area is 147 Å². The van der Waals surface area contributed by atoms with Crippen LogP contribution in [0, 0.1) is 5.82 Å². The molecular weight excluding hydrogens is 347 g/mol. The molecular formula is C18H12ClFN2O3. The third kappa shape index (κ3) is 3.75. The minimum Gasteiger partial charge on any atom is -0.444 e. The molecule has 0 spiro atoms. The highest BCUT2D eigenvalue weighted by Crippen LogP contribution is 2.22. The lowest BCUT2D eigenvalue weighted by Crippen LogP contribution is -2.26. The Morgan fingerprint density at radius 3 is 2.48 bits per heavy atom. The second kappa shape index (κ2) is 6.86. The van der Waals surface area contributed by atoms with E-state index in [2.05, 4.69) is 4.98 Å². The first kappa shape index (κ1) is 16.9. The van der Waals surface area contributed by atoms with Gasteiger partial charge in [0.15, 0.2) is 0 Å². The number of ether oxygens (including phenoxy) is 1. The predicted molar refractivity (Wildman–Crippen MR) is 90.5 cm³/mol. The van der Waals surface area contributed by atoms with E-state index in [-0.39, 0.29) is 11.1 Å². The van der Waals surface area contributed by atoms with Gasteiger partial charge in [0, 0.05) is 10.9 Å². The van der Waals surface area contributed by atoms with Crippen LogP contribution in [0.3, 0.4) is 0 Å². The lowest BCUT2D eigenvalue weighted by Gasteiger charge is -2.15. The van der Waals surface area contributed by atoms with Crippen molar-refractivity contribution in [2.24, 2.45) is 5.73 Å². The maximum atomic E-state index is 13.0. The molecule has 1 unspecified atom stereocenters. The quantitative estimate of drug-likeness (QED) is 0.572. The number of halogens is 2. The Hall–Kier alpha value is -2.99. The summed E-state index contributed by atoms with van der Waals surface area (Å²) in [6.07, 6.45) is -1.31. The molecule has 1 atom stereocenters. The minimum atomic E-state index is -1.31. The summed E-state index contributed by atoms with van der Waals surface area (Å²) in [6.45, 7) is 0. The topological polar surface area (TPSA) is 82.3 Å². The van der Waals surface area contributed by atoms with E-state index in [4.69, 9.17) is 22.1 Å². The molecule has 0 saturated heterocycles. The van der Waals surface area contributed by atoms with Crippen LogP contribution >= 0.6 is 11.6 Å². The van der Waals surface area contributed by atoms with Crippen LogP contribution in [0.25, 0.3) is 10.9 Å². The summed E-state index contributed by atoms with van der Waals surface area (Å²) >= 11 is 5.82. The summed E-state index contributed by atoms with van der Waals surface area (Å²) in [6, 6.07) is 13.0. The molecule has 25 heavy (non-hydrogen) atoms. The van der Waals surface area contributed by atoms with E-state index < -0.39 is 23.8 Å². The van der Waals surface area contributed by atoms with Crippen LogP contribution in [0.5, 0.6) is 0 Å². The number of pyridine rings is 1. The largest absolute Gasteiger partial charge is 0.444 e. The maximum Gasteiger partial charge on any atom is 0.339 e. The number of fused-ring (bicyclic) bond motifs is 1. The Bertz CT molecular complexity index is 960.